The van der Waals surface area contributed by atoms with Crippen LogP contribution in [0.25, 0.3) is 0 Å². The topological polar surface area (TPSA) is 48.6 Å². The molecule has 0 atom stereocenters. The fraction of sp³-hybridized carbons (Fsp3) is 0.250. The van der Waals surface area contributed by atoms with Crippen LogP contribution >= 0.6 is 11.8 Å². The molecule has 0 spiro atoms. The normalized spacial score (nSPS) is 9.62. The second-order valence-corrected chi connectivity index (χ2v) is 2.18. The van der Waals surface area contributed by atoms with E-state index in [0.717, 1.165) is 5.03 Å². The van der Waals surface area contributed by atoms with Gasteiger partial charge in [-0.05, 0) is 6.26 Å². The van der Waals surface area contributed by atoms with E-state index in [2.05, 4.69) is 10.2 Å². The van der Waals surface area contributed by atoms with E-state index >= 15 is 0 Å². The molecular weight excluding hydrogens is 124 g/mol. The smallest absolute Gasteiger partial charge is 0.265 e. The van der Waals surface area contributed by atoms with Crippen molar-refractivity contribution in [2.75, 3.05) is 6.26 Å². The van der Waals surface area contributed by atoms with Gasteiger partial charge in [-0.25, -0.2) is 0 Å². The maximum atomic E-state index is 10.3. The summed E-state index contributed by atoms with van der Waals surface area (Å²) in [5.41, 5.74) is -0.0747. The van der Waals surface area contributed by atoms with Gasteiger partial charge < -0.3 is 0 Å². The Labute approximate surface area is 50.5 Å². The van der Waals surface area contributed by atoms with Crippen molar-refractivity contribution < 1.29 is 0 Å². The maximum Gasteiger partial charge on any atom is 0.265 e. The molecule has 44 valence electrons. The lowest BCUT2D eigenvalue weighted by molar-refractivity contribution is 0.987. The number of hydrogen-bond donors (Lipinski definition) is 2. The quantitative estimate of drug-likeness (QED) is 0.541. The zero-order valence-corrected chi connectivity index (χ0v) is 5.21. The minimum absolute atomic E-state index is 0.0747. The highest BCUT2D eigenvalue weighted by Gasteiger charge is 1.88. The summed E-state index contributed by atoms with van der Waals surface area (Å²) in [7, 11) is 0. The number of H-pyrrole nitrogens is 2. The van der Waals surface area contributed by atoms with Gasteiger partial charge >= 0.3 is 0 Å². The van der Waals surface area contributed by atoms with Crippen molar-refractivity contribution in [1.29, 1.82) is 0 Å². The summed E-state index contributed by atoms with van der Waals surface area (Å²) in [6, 6.07) is 1.52. The monoisotopic (exact) mass is 130 g/mol. The summed E-state index contributed by atoms with van der Waals surface area (Å²) in [5, 5.41) is 5.97. The summed E-state index contributed by atoms with van der Waals surface area (Å²) >= 11 is 1.50. The van der Waals surface area contributed by atoms with Gasteiger partial charge in [-0.15, -0.1) is 11.8 Å². The first kappa shape index (κ1) is 5.50. The Hall–Kier alpha value is -0.640. The van der Waals surface area contributed by atoms with Crippen LogP contribution in [-0.2, 0) is 0 Å². The molecule has 0 aliphatic heterocycles. The molecule has 0 aromatic carbocycles. The van der Waals surface area contributed by atoms with E-state index in [9.17, 15) is 4.79 Å². The van der Waals surface area contributed by atoms with Gasteiger partial charge in [0.1, 0.15) is 0 Å². The highest BCUT2D eigenvalue weighted by molar-refractivity contribution is 7.98. The third-order valence-electron chi connectivity index (χ3n) is 0.791. The fourth-order valence-electron chi connectivity index (χ4n) is 0.424. The lowest BCUT2D eigenvalue weighted by atomic mass is 10.7. The van der Waals surface area contributed by atoms with Crippen LogP contribution in [0.2, 0.25) is 0 Å². The predicted octanol–water partition coefficient (Wildman–Crippen LogP) is 0.425. The van der Waals surface area contributed by atoms with Gasteiger partial charge in [0.25, 0.3) is 5.56 Å². The first-order valence-corrected chi connectivity index (χ1v) is 3.37. The van der Waals surface area contributed by atoms with Gasteiger partial charge in [-0.2, -0.15) is 0 Å². The lowest BCUT2D eigenvalue weighted by Crippen LogP contribution is -1.93. The molecule has 0 aliphatic carbocycles. The average Bonchev–Trinajstić information content (AvgIpc) is 2.14. The predicted molar refractivity (Wildman–Crippen MR) is 33.2 cm³/mol. The Bertz CT molecular complexity index is 214. The van der Waals surface area contributed by atoms with Gasteiger partial charge in [-0.3, -0.25) is 15.0 Å². The summed E-state index contributed by atoms with van der Waals surface area (Å²) in [5.74, 6) is 0. The number of nitrogens with one attached hydrogen (secondary N) is 2. The minimum atomic E-state index is -0.0747. The van der Waals surface area contributed by atoms with Crippen LogP contribution in [0.3, 0.4) is 0 Å². The van der Waals surface area contributed by atoms with Gasteiger partial charge in [0.15, 0.2) is 0 Å². The third kappa shape index (κ3) is 0.949. The van der Waals surface area contributed by atoms with Crippen LogP contribution in [0.4, 0.5) is 0 Å². The molecule has 8 heavy (non-hydrogen) atoms. The highest BCUT2D eigenvalue weighted by atomic mass is 32.2. The second-order valence-electron chi connectivity index (χ2n) is 1.33. The third-order valence-corrected chi connectivity index (χ3v) is 1.45. The molecule has 0 saturated heterocycles. The van der Waals surface area contributed by atoms with E-state index in [1.165, 1.54) is 17.8 Å². The van der Waals surface area contributed by atoms with Gasteiger partial charge in [0.05, 0.1) is 5.03 Å². The zero-order chi connectivity index (χ0) is 5.98. The SMILES string of the molecule is CSc1cc(=O)[nH][nH]1. The van der Waals surface area contributed by atoms with Gasteiger partial charge in [0, 0.05) is 6.07 Å². The van der Waals surface area contributed by atoms with Crippen molar-refractivity contribution >= 4 is 11.8 Å². The van der Waals surface area contributed by atoms with Gasteiger partial charge in [-0.1, -0.05) is 0 Å². The fourth-order valence-corrected chi connectivity index (χ4v) is 0.802. The zero-order valence-electron chi connectivity index (χ0n) is 4.39. The molecule has 4 heteroatoms. The Morgan fingerprint density at radius 3 is 2.62 bits per heavy atom. The summed E-state index contributed by atoms with van der Waals surface area (Å²) in [6.07, 6.45) is 1.90. The standard InChI is InChI=1S/C4H6N2OS/c1-8-4-2-3(7)5-6-4/h2H,1H3,(H2,5,6,7). The van der Waals surface area contributed by atoms with Crippen molar-refractivity contribution in [2.24, 2.45) is 0 Å². The Morgan fingerprint density at radius 1 is 1.62 bits per heavy atom. The van der Waals surface area contributed by atoms with Crippen LogP contribution in [0.1, 0.15) is 0 Å². The molecule has 0 amide bonds. The molecule has 1 heterocycles. The molecule has 3 nitrogen and oxygen atoms in total. The average molecular weight is 130 g/mol. The van der Waals surface area contributed by atoms with E-state index in [0.29, 0.717) is 0 Å². The van der Waals surface area contributed by atoms with Gasteiger partial charge in [0.2, 0.25) is 0 Å². The number of rotatable bonds is 1. The number of aromatic amines is 2. The van der Waals surface area contributed by atoms with Crippen molar-refractivity contribution in [3.8, 4) is 0 Å². The maximum absolute atomic E-state index is 10.3. The molecule has 0 bridgehead atoms. The molecule has 0 aliphatic rings. The van der Waals surface area contributed by atoms with Crippen molar-refractivity contribution in [2.45, 2.75) is 5.03 Å². The van der Waals surface area contributed by atoms with E-state index < -0.39 is 0 Å². The number of aromatic nitrogens is 2. The van der Waals surface area contributed by atoms with Crippen molar-refractivity contribution in [3.63, 3.8) is 0 Å². The highest BCUT2D eigenvalue weighted by Crippen LogP contribution is 2.04. The molecule has 0 fully saturated rings. The van der Waals surface area contributed by atoms with Crippen LogP contribution in [0.5, 0.6) is 0 Å². The molecule has 1 aromatic heterocycles. The number of hydrogen-bond acceptors (Lipinski definition) is 2. The summed E-state index contributed by atoms with van der Waals surface area (Å²) in [6.45, 7) is 0. The van der Waals surface area contributed by atoms with Crippen LogP contribution < -0.4 is 5.56 Å². The second kappa shape index (κ2) is 2.09. The first-order chi connectivity index (χ1) is 3.83. The Balaban J connectivity index is 3.01. The summed E-state index contributed by atoms with van der Waals surface area (Å²) in [4.78, 5) is 10.3. The molecule has 0 radical (unpaired) electrons. The van der Waals surface area contributed by atoms with Crippen molar-refractivity contribution in [1.82, 2.24) is 10.2 Å². The molecule has 1 rings (SSSR count). The van der Waals surface area contributed by atoms with Crippen LogP contribution in [0, 0.1) is 0 Å². The molecule has 2 N–H and O–H groups in total. The Kier molecular flexibility index (Phi) is 1.43. The van der Waals surface area contributed by atoms with E-state index in [1.54, 1.807) is 0 Å². The summed E-state index contributed by atoms with van der Waals surface area (Å²) < 4.78 is 0. The Morgan fingerprint density at radius 2 is 2.38 bits per heavy atom. The van der Waals surface area contributed by atoms with E-state index in [1.807, 2.05) is 6.26 Å². The number of thioether (sulfide) groups is 1. The lowest BCUT2D eigenvalue weighted by Gasteiger charge is -1.79. The van der Waals surface area contributed by atoms with E-state index in [4.69, 9.17) is 0 Å². The van der Waals surface area contributed by atoms with Crippen molar-refractivity contribution in [3.05, 3.63) is 16.4 Å². The molecule has 0 saturated carbocycles. The molecule has 1 aromatic rings. The van der Waals surface area contributed by atoms with E-state index in [-0.39, 0.29) is 5.56 Å². The molecular formula is C4H6N2OS. The molecule has 0 unspecified atom stereocenters. The first-order valence-electron chi connectivity index (χ1n) is 2.14. The largest absolute Gasteiger partial charge is 0.292 e. The van der Waals surface area contributed by atoms with Crippen LogP contribution in [0.15, 0.2) is 15.9 Å². The minimum Gasteiger partial charge on any atom is -0.292 e. The van der Waals surface area contributed by atoms with Crippen LogP contribution in [-0.4, -0.2) is 16.5 Å².